The Balaban J connectivity index is 1.48. The number of carbonyl (C=O) groups excluding carboxylic acids is 2. The number of aromatic nitrogens is 2. The Bertz CT molecular complexity index is 1200. The second kappa shape index (κ2) is 10.6. The Hall–Kier alpha value is -1.98. The zero-order valence-corrected chi connectivity index (χ0v) is 22.8. The second-order valence-electron chi connectivity index (χ2n) is 7.54. The highest BCUT2D eigenvalue weighted by molar-refractivity contribution is 8.02. The van der Waals surface area contributed by atoms with Gasteiger partial charge < -0.3 is 20.1 Å². The molecule has 11 nitrogen and oxygen atoms in total. The maximum absolute atomic E-state index is 13.2. The van der Waals surface area contributed by atoms with Crippen molar-refractivity contribution in [2.45, 2.75) is 19.6 Å². The smallest absolute Gasteiger partial charge is 0.352 e. The highest BCUT2D eigenvalue weighted by Crippen LogP contribution is 2.47. The molecule has 4 rings (SSSR count). The van der Waals surface area contributed by atoms with Gasteiger partial charge in [-0.25, -0.2) is 4.79 Å². The van der Waals surface area contributed by atoms with Crippen LogP contribution in [0.25, 0.3) is 0 Å². The Kier molecular flexibility index (Phi) is 7.87. The fraction of sp³-hybridized carbons (Fsp3) is 0.421. The summed E-state index contributed by atoms with van der Waals surface area (Å²) in [6.07, 6.45) is 0. The largest absolute Gasteiger partial charge is 0.477 e. The predicted molar refractivity (Wildman–Crippen MR) is 136 cm³/mol. The molecule has 16 heteroatoms. The molecule has 1 saturated heterocycles. The van der Waals surface area contributed by atoms with E-state index >= 15 is 0 Å². The number of rotatable bonds is 10. The van der Waals surface area contributed by atoms with Crippen molar-refractivity contribution in [2.75, 3.05) is 43.4 Å². The molecule has 35 heavy (non-hydrogen) atoms. The van der Waals surface area contributed by atoms with E-state index in [4.69, 9.17) is 4.74 Å². The van der Waals surface area contributed by atoms with Crippen LogP contribution in [0, 0.1) is 0 Å². The fourth-order valence-corrected chi connectivity index (χ4v) is 8.72. The molecule has 0 aliphatic carbocycles. The van der Waals surface area contributed by atoms with E-state index in [-0.39, 0.29) is 11.4 Å². The van der Waals surface area contributed by atoms with Crippen LogP contribution >= 0.6 is 46.2 Å². The molecule has 0 saturated carbocycles. The van der Waals surface area contributed by atoms with Gasteiger partial charge in [0.1, 0.15) is 16.8 Å². The van der Waals surface area contributed by atoms with Crippen molar-refractivity contribution >= 4 is 79.9 Å². The van der Waals surface area contributed by atoms with Crippen LogP contribution < -0.4 is 10.2 Å². The van der Waals surface area contributed by atoms with Gasteiger partial charge in [0.15, 0.2) is 4.34 Å². The zero-order valence-electron chi connectivity index (χ0n) is 18.7. The van der Waals surface area contributed by atoms with Crippen LogP contribution in [-0.2, 0) is 29.9 Å². The van der Waals surface area contributed by atoms with Crippen LogP contribution in [0.5, 0.6) is 0 Å². The van der Waals surface area contributed by atoms with Gasteiger partial charge in [0.25, 0.3) is 11.6 Å². The number of ether oxygens (including phenoxy) is 1. The topological polar surface area (TPSA) is 142 Å². The standard InChI is InChI=1S/C19H21N5O6S5/c1-23(2)17-21-22-18(34-17)33-8-10-7-32-16-19(30-3,15(28)24(16)13(10)14(26)27)20-11(25)9-35(29)12-5-4-6-31-12/h4-6,16H,7-9H2,1-3H3,(H,20,25)(H,26,27)/t16-,19-,35?/m0/s1. The molecule has 0 radical (unpaired) electrons. The minimum absolute atomic E-state index is 0.118. The lowest BCUT2D eigenvalue weighted by Gasteiger charge is -2.55. The number of thioether (sulfide) groups is 2. The first-order valence-corrected chi connectivity index (χ1v) is 15.0. The van der Waals surface area contributed by atoms with Crippen LogP contribution in [0.3, 0.4) is 0 Å². The number of nitrogens with one attached hydrogen (secondary N) is 1. The second-order valence-corrected chi connectivity index (χ2v) is 13.4. The van der Waals surface area contributed by atoms with E-state index in [2.05, 4.69) is 15.5 Å². The van der Waals surface area contributed by atoms with Gasteiger partial charge in [-0.3, -0.25) is 18.7 Å². The SMILES string of the molecule is CO[C@@]1(NC(=O)CS(=O)c2cccs2)C(=O)N2C(C(=O)O)=C(CSc3nnc(N(C)C)s3)CS[C@H]21. The van der Waals surface area contributed by atoms with E-state index in [0.717, 1.165) is 10.0 Å². The maximum atomic E-state index is 13.2. The van der Waals surface area contributed by atoms with Crippen LogP contribution in [0.2, 0.25) is 0 Å². The van der Waals surface area contributed by atoms with E-state index in [1.165, 1.54) is 53.3 Å². The van der Waals surface area contributed by atoms with Crippen LogP contribution in [0.4, 0.5) is 5.13 Å². The van der Waals surface area contributed by atoms with Crippen LogP contribution in [0.15, 0.2) is 37.3 Å². The number of hydrogen-bond donors (Lipinski definition) is 2. The fourth-order valence-electron chi connectivity index (χ4n) is 3.47. The minimum atomic E-state index is -1.72. The molecule has 1 unspecified atom stereocenters. The average molecular weight is 576 g/mol. The number of thiophene rings is 1. The number of carboxylic acids is 1. The lowest BCUT2D eigenvalue weighted by Crippen LogP contribution is -2.80. The molecule has 2 aliphatic rings. The lowest BCUT2D eigenvalue weighted by atomic mass is 9.98. The lowest BCUT2D eigenvalue weighted by molar-refractivity contribution is -0.192. The van der Waals surface area contributed by atoms with Gasteiger partial charge in [0.2, 0.25) is 11.0 Å². The number of fused-ring (bicyclic) bond motifs is 1. The van der Waals surface area contributed by atoms with Crippen molar-refractivity contribution in [1.29, 1.82) is 0 Å². The summed E-state index contributed by atoms with van der Waals surface area (Å²) in [5, 5.41) is 22.4. The normalized spacial score (nSPS) is 22.4. The third kappa shape index (κ3) is 4.99. The molecule has 0 spiro atoms. The Morgan fingerprint density at radius 1 is 1.43 bits per heavy atom. The number of carbonyl (C=O) groups is 3. The van der Waals surface area contributed by atoms with E-state index < -0.39 is 39.7 Å². The first kappa shape index (κ1) is 26.1. The van der Waals surface area contributed by atoms with E-state index in [9.17, 15) is 23.7 Å². The summed E-state index contributed by atoms with van der Waals surface area (Å²) >= 11 is 5.30. The highest BCUT2D eigenvalue weighted by atomic mass is 32.2. The summed E-state index contributed by atoms with van der Waals surface area (Å²) in [6, 6.07) is 3.40. The van der Waals surface area contributed by atoms with Crippen LogP contribution in [0.1, 0.15) is 0 Å². The van der Waals surface area contributed by atoms with Crippen molar-refractivity contribution in [2.24, 2.45) is 0 Å². The third-order valence-electron chi connectivity index (χ3n) is 5.09. The summed E-state index contributed by atoms with van der Waals surface area (Å²) in [7, 11) is 3.43. The summed E-state index contributed by atoms with van der Waals surface area (Å²) in [5.41, 5.74) is -1.28. The van der Waals surface area contributed by atoms with Gasteiger partial charge in [-0.05, 0) is 17.0 Å². The Labute approximate surface area is 219 Å². The van der Waals surface area contributed by atoms with Gasteiger partial charge in [-0.1, -0.05) is 29.2 Å². The number of β-lactam (4-membered cyclic amide) rings is 1. The average Bonchev–Trinajstić information content (AvgIpc) is 3.52. The number of anilines is 1. The molecule has 4 heterocycles. The molecular weight excluding hydrogens is 555 g/mol. The summed E-state index contributed by atoms with van der Waals surface area (Å²) < 4.78 is 19.1. The Morgan fingerprint density at radius 3 is 2.80 bits per heavy atom. The molecule has 2 aromatic heterocycles. The van der Waals surface area contributed by atoms with E-state index in [0.29, 0.717) is 25.6 Å². The number of aliphatic carboxylic acids is 1. The van der Waals surface area contributed by atoms with Crippen LogP contribution in [-0.4, -0.2) is 91.8 Å². The molecule has 1 fully saturated rings. The van der Waals surface area contributed by atoms with Crippen molar-refractivity contribution in [3.8, 4) is 0 Å². The molecule has 2 amide bonds. The van der Waals surface area contributed by atoms with E-state index in [1.807, 2.05) is 19.0 Å². The van der Waals surface area contributed by atoms with E-state index in [1.54, 1.807) is 17.5 Å². The quantitative estimate of drug-likeness (QED) is 0.240. The summed E-state index contributed by atoms with van der Waals surface area (Å²) in [6.45, 7) is 0. The number of nitrogens with zero attached hydrogens (tertiary/aromatic N) is 4. The predicted octanol–water partition coefficient (Wildman–Crippen LogP) is 1.28. The van der Waals surface area contributed by atoms with Gasteiger partial charge in [0.05, 0.1) is 15.0 Å². The number of methoxy groups -OCH3 is 1. The highest BCUT2D eigenvalue weighted by Gasteiger charge is 2.66. The monoisotopic (exact) mass is 575 g/mol. The van der Waals surface area contributed by atoms with Crippen molar-refractivity contribution < 1.29 is 28.4 Å². The van der Waals surface area contributed by atoms with Crippen molar-refractivity contribution in [3.63, 3.8) is 0 Å². The first-order chi connectivity index (χ1) is 16.7. The molecule has 2 N–H and O–H groups in total. The van der Waals surface area contributed by atoms with Gasteiger partial charge in [0, 0.05) is 32.7 Å². The molecule has 2 aliphatic heterocycles. The summed E-state index contributed by atoms with van der Waals surface area (Å²) in [4.78, 5) is 40.9. The number of amides is 2. The summed E-state index contributed by atoms with van der Waals surface area (Å²) in [5.74, 6) is -2.23. The maximum Gasteiger partial charge on any atom is 0.352 e. The molecular formula is C19H21N5O6S5. The van der Waals surface area contributed by atoms with Gasteiger partial charge in [-0.2, -0.15) is 0 Å². The zero-order chi connectivity index (χ0) is 25.3. The third-order valence-corrected chi connectivity index (χ3v) is 11.4. The first-order valence-electron chi connectivity index (χ1n) is 10.00. The van der Waals surface area contributed by atoms with Gasteiger partial charge in [-0.15, -0.1) is 33.3 Å². The molecule has 0 bridgehead atoms. The molecule has 3 atom stereocenters. The molecule has 2 aromatic rings. The van der Waals surface area contributed by atoms with Gasteiger partial charge >= 0.3 is 5.97 Å². The minimum Gasteiger partial charge on any atom is -0.477 e. The molecule has 188 valence electrons. The Morgan fingerprint density at radius 2 is 2.20 bits per heavy atom. The number of hydrogen-bond acceptors (Lipinski definition) is 12. The number of carboxylic acid groups (broad SMARTS) is 1. The van der Waals surface area contributed by atoms with Crippen molar-refractivity contribution in [3.05, 3.63) is 28.8 Å². The van der Waals surface area contributed by atoms with Crippen molar-refractivity contribution in [1.82, 2.24) is 20.4 Å². The molecule has 0 aromatic carbocycles.